The Morgan fingerprint density at radius 1 is 1.33 bits per heavy atom. The third kappa shape index (κ3) is 4.04. The normalized spacial score (nSPS) is 19.0. The molecule has 0 radical (unpaired) electrons. The fourth-order valence-corrected chi connectivity index (χ4v) is 3.52. The molecule has 2 aromatic rings. The molecule has 1 fully saturated rings. The fourth-order valence-electron chi connectivity index (χ4n) is 3.52. The Kier molecular flexibility index (Phi) is 5.66. The molecule has 1 atom stereocenters. The van der Waals surface area contributed by atoms with Crippen LogP contribution in [0, 0.1) is 6.92 Å². The maximum absolute atomic E-state index is 12.2. The molecular weight excluding hydrogens is 302 g/mol. The molecule has 1 aliphatic heterocycles. The van der Waals surface area contributed by atoms with Gasteiger partial charge in [-0.05, 0) is 38.4 Å². The third-order valence-electron chi connectivity index (χ3n) is 4.89. The summed E-state index contributed by atoms with van der Waals surface area (Å²) in [5.74, 6) is 0. The Hall–Kier alpha value is -1.69. The first-order chi connectivity index (χ1) is 11.7. The number of piperidine rings is 1. The van der Waals surface area contributed by atoms with Crippen LogP contribution in [0.3, 0.4) is 0 Å². The number of fused-ring (bicyclic) bond motifs is 1. The average molecular weight is 329 g/mol. The minimum absolute atomic E-state index is 0.0700. The van der Waals surface area contributed by atoms with Crippen molar-refractivity contribution in [2.45, 2.75) is 38.8 Å². The Balaban J connectivity index is 1.56. The molecule has 5 heteroatoms. The van der Waals surface area contributed by atoms with Crippen molar-refractivity contribution in [1.29, 1.82) is 0 Å². The lowest BCUT2D eigenvalue weighted by Crippen LogP contribution is -2.44. The third-order valence-corrected chi connectivity index (χ3v) is 4.89. The minimum Gasteiger partial charge on any atom is -0.395 e. The molecular formula is C19H27N3O2. The van der Waals surface area contributed by atoms with E-state index in [9.17, 15) is 9.90 Å². The number of H-pyrrole nitrogens is 1. The van der Waals surface area contributed by atoms with Crippen molar-refractivity contribution in [3.63, 3.8) is 0 Å². The van der Waals surface area contributed by atoms with Crippen molar-refractivity contribution in [3.05, 3.63) is 45.7 Å². The van der Waals surface area contributed by atoms with Crippen LogP contribution in [-0.4, -0.2) is 47.3 Å². The fraction of sp³-hybridized carbons (Fsp3) is 0.526. The number of rotatable bonds is 6. The molecule has 1 aliphatic rings. The van der Waals surface area contributed by atoms with E-state index < -0.39 is 0 Å². The number of aliphatic hydroxyl groups is 1. The van der Waals surface area contributed by atoms with Crippen molar-refractivity contribution in [3.8, 4) is 0 Å². The van der Waals surface area contributed by atoms with Crippen LogP contribution in [0.15, 0.2) is 29.1 Å². The predicted molar refractivity (Wildman–Crippen MR) is 97.3 cm³/mol. The lowest BCUT2D eigenvalue weighted by molar-refractivity contribution is 0.0910. The molecule has 0 saturated carbocycles. The second-order valence-electron chi connectivity index (χ2n) is 6.75. The van der Waals surface area contributed by atoms with Crippen molar-refractivity contribution in [1.82, 2.24) is 15.2 Å². The number of pyridine rings is 1. The Morgan fingerprint density at radius 2 is 2.21 bits per heavy atom. The summed E-state index contributed by atoms with van der Waals surface area (Å²) in [6.07, 6.45) is 3.52. The molecule has 0 amide bonds. The van der Waals surface area contributed by atoms with Gasteiger partial charge in [-0.1, -0.05) is 18.1 Å². The molecule has 130 valence electrons. The smallest absolute Gasteiger partial charge is 0.189 e. The molecule has 2 heterocycles. The first kappa shape index (κ1) is 17.1. The minimum atomic E-state index is 0.0700. The number of hydrogen-bond acceptors (Lipinski definition) is 4. The summed E-state index contributed by atoms with van der Waals surface area (Å²) in [6.45, 7) is 5.74. The van der Waals surface area contributed by atoms with Crippen molar-refractivity contribution < 1.29 is 5.11 Å². The van der Waals surface area contributed by atoms with Crippen LogP contribution in [0.25, 0.3) is 10.9 Å². The SMILES string of the molecule is Cc1ccc2[nH]c(CNCCN3CCCCC3CO)cc(=O)c2c1. The van der Waals surface area contributed by atoms with Gasteiger partial charge in [0.15, 0.2) is 5.43 Å². The topological polar surface area (TPSA) is 68.4 Å². The Morgan fingerprint density at radius 3 is 3.04 bits per heavy atom. The van der Waals surface area contributed by atoms with Crippen LogP contribution < -0.4 is 10.7 Å². The quantitative estimate of drug-likeness (QED) is 0.707. The van der Waals surface area contributed by atoms with E-state index in [1.54, 1.807) is 6.07 Å². The highest BCUT2D eigenvalue weighted by Gasteiger charge is 2.20. The number of nitrogens with one attached hydrogen (secondary N) is 2. The van der Waals surface area contributed by atoms with Crippen LogP contribution in [0.5, 0.6) is 0 Å². The first-order valence-electron chi connectivity index (χ1n) is 8.85. The lowest BCUT2D eigenvalue weighted by Gasteiger charge is -2.34. The molecule has 1 aromatic heterocycles. The number of benzene rings is 1. The summed E-state index contributed by atoms with van der Waals surface area (Å²) < 4.78 is 0. The maximum atomic E-state index is 12.2. The van der Waals surface area contributed by atoms with Gasteiger partial charge in [0, 0.05) is 48.3 Å². The molecule has 0 aliphatic carbocycles. The van der Waals surface area contributed by atoms with Crippen LogP contribution in [0.4, 0.5) is 0 Å². The molecule has 5 nitrogen and oxygen atoms in total. The van der Waals surface area contributed by atoms with Gasteiger partial charge in [0.25, 0.3) is 0 Å². The largest absolute Gasteiger partial charge is 0.395 e. The zero-order chi connectivity index (χ0) is 16.9. The highest BCUT2D eigenvalue weighted by molar-refractivity contribution is 5.79. The van der Waals surface area contributed by atoms with E-state index >= 15 is 0 Å². The summed E-state index contributed by atoms with van der Waals surface area (Å²) in [5.41, 5.74) is 2.97. The molecule has 3 rings (SSSR count). The van der Waals surface area contributed by atoms with Gasteiger partial charge in [0.05, 0.1) is 6.61 Å². The molecule has 0 spiro atoms. The molecule has 24 heavy (non-hydrogen) atoms. The number of hydrogen-bond donors (Lipinski definition) is 3. The van der Waals surface area contributed by atoms with E-state index in [4.69, 9.17) is 0 Å². The lowest BCUT2D eigenvalue weighted by atomic mass is 10.0. The number of aromatic nitrogens is 1. The van der Waals surface area contributed by atoms with E-state index in [1.165, 1.54) is 12.8 Å². The molecule has 3 N–H and O–H groups in total. The van der Waals surface area contributed by atoms with Gasteiger partial charge < -0.3 is 15.4 Å². The Bertz CT molecular complexity index is 741. The van der Waals surface area contributed by atoms with Gasteiger partial charge in [0.2, 0.25) is 0 Å². The van der Waals surface area contributed by atoms with E-state index in [0.29, 0.717) is 12.6 Å². The number of nitrogens with zero attached hydrogens (tertiary/aromatic N) is 1. The summed E-state index contributed by atoms with van der Waals surface area (Å²) in [6, 6.07) is 7.91. The summed E-state index contributed by atoms with van der Waals surface area (Å²) >= 11 is 0. The van der Waals surface area contributed by atoms with Gasteiger partial charge in [-0.15, -0.1) is 0 Å². The number of aliphatic hydroxyl groups excluding tert-OH is 1. The van der Waals surface area contributed by atoms with Gasteiger partial charge >= 0.3 is 0 Å². The molecule has 1 aromatic carbocycles. The van der Waals surface area contributed by atoms with Gasteiger partial charge in [0.1, 0.15) is 0 Å². The molecule has 1 unspecified atom stereocenters. The van der Waals surface area contributed by atoms with E-state index in [-0.39, 0.29) is 12.0 Å². The second-order valence-corrected chi connectivity index (χ2v) is 6.75. The van der Waals surface area contributed by atoms with E-state index in [0.717, 1.165) is 48.2 Å². The Labute approximate surface area is 142 Å². The second kappa shape index (κ2) is 7.92. The number of aryl methyl sites for hydroxylation is 1. The van der Waals surface area contributed by atoms with Crippen molar-refractivity contribution in [2.75, 3.05) is 26.2 Å². The van der Waals surface area contributed by atoms with Crippen LogP contribution in [-0.2, 0) is 6.54 Å². The van der Waals surface area contributed by atoms with E-state index in [1.807, 2.05) is 25.1 Å². The summed E-state index contributed by atoms with van der Waals surface area (Å²) in [5, 5.41) is 13.6. The predicted octanol–water partition coefficient (Wildman–Crippen LogP) is 1.77. The number of aromatic amines is 1. The average Bonchev–Trinajstić information content (AvgIpc) is 2.60. The number of likely N-dealkylation sites (tertiary alicyclic amines) is 1. The maximum Gasteiger partial charge on any atom is 0.189 e. The summed E-state index contributed by atoms with van der Waals surface area (Å²) in [4.78, 5) is 17.9. The first-order valence-corrected chi connectivity index (χ1v) is 8.85. The summed E-state index contributed by atoms with van der Waals surface area (Å²) in [7, 11) is 0. The highest BCUT2D eigenvalue weighted by atomic mass is 16.3. The zero-order valence-corrected chi connectivity index (χ0v) is 14.3. The van der Waals surface area contributed by atoms with Gasteiger partial charge in [-0.25, -0.2) is 0 Å². The molecule has 0 bridgehead atoms. The highest BCUT2D eigenvalue weighted by Crippen LogP contribution is 2.15. The zero-order valence-electron chi connectivity index (χ0n) is 14.3. The molecule has 1 saturated heterocycles. The van der Waals surface area contributed by atoms with E-state index in [2.05, 4.69) is 15.2 Å². The van der Waals surface area contributed by atoms with Gasteiger partial charge in [-0.3, -0.25) is 9.69 Å². The van der Waals surface area contributed by atoms with Crippen LogP contribution >= 0.6 is 0 Å². The van der Waals surface area contributed by atoms with Crippen LogP contribution in [0.1, 0.15) is 30.5 Å². The van der Waals surface area contributed by atoms with Gasteiger partial charge in [-0.2, -0.15) is 0 Å². The standard InChI is InChI=1S/C19H27N3O2/c1-14-5-6-18-17(10-14)19(24)11-15(21-18)12-20-7-9-22-8-3-2-4-16(22)13-23/h5-6,10-11,16,20,23H,2-4,7-9,12-13H2,1H3,(H,21,24). The van der Waals surface area contributed by atoms with Crippen molar-refractivity contribution in [2.24, 2.45) is 0 Å². The van der Waals surface area contributed by atoms with Crippen LogP contribution in [0.2, 0.25) is 0 Å². The van der Waals surface area contributed by atoms with Crippen molar-refractivity contribution >= 4 is 10.9 Å². The monoisotopic (exact) mass is 329 g/mol.